The number of fused-ring (bicyclic) bond motifs is 2. The van der Waals surface area contributed by atoms with E-state index in [1.165, 1.54) is 28.9 Å². The minimum absolute atomic E-state index is 0.266. The number of nitrogens with zero attached hydrogens (tertiary/aromatic N) is 6. The zero-order valence-electron chi connectivity index (χ0n) is 39.1. The molecule has 0 aliphatic rings. The van der Waals surface area contributed by atoms with Gasteiger partial charge in [-0.05, 0) is 131 Å². The number of thiophene rings is 2. The van der Waals surface area contributed by atoms with E-state index in [1.54, 1.807) is 92.8 Å². The van der Waals surface area contributed by atoms with Crippen LogP contribution in [0, 0.1) is 36.5 Å². The van der Waals surface area contributed by atoms with E-state index in [9.17, 15) is 29.7 Å². The van der Waals surface area contributed by atoms with Gasteiger partial charge in [0, 0.05) is 40.4 Å². The summed E-state index contributed by atoms with van der Waals surface area (Å²) in [6.07, 6.45) is 3.08. The van der Waals surface area contributed by atoms with Gasteiger partial charge in [-0.1, -0.05) is 48.0 Å². The molecule has 4 aromatic heterocycles. The van der Waals surface area contributed by atoms with Crippen molar-refractivity contribution in [3.05, 3.63) is 158 Å². The molecule has 0 radical (unpaired) electrons. The van der Waals surface area contributed by atoms with Gasteiger partial charge >= 0.3 is 0 Å². The SMILES string of the molecule is CCNc1cnc2cc(C(=O)Nc3cc(NC(=O)c4cccc(C(C)(C)C#N)c4)ccc3C)sc2n1.Cc1ccc(NC(=O)c2cccc(C(C)(C)C#N)c2)cc1NC(=O)c1cc2ncc(Cl)nc2s1. The van der Waals surface area contributed by atoms with Crippen LogP contribution in [0.1, 0.15) is 96.9 Å². The van der Waals surface area contributed by atoms with E-state index in [-0.39, 0.29) is 28.8 Å². The minimum Gasteiger partial charge on any atom is -0.369 e. The van der Waals surface area contributed by atoms with Gasteiger partial charge in [-0.2, -0.15) is 10.5 Å². The maximum Gasteiger partial charge on any atom is 0.265 e. The largest absolute Gasteiger partial charge is 0.369 e. The van der Waals surface area contributed by atoms with Gasteiger partial charge in [0.15, 0.2) is 0 Å². The number of aryl methyl sites for hydroxylation is 2. The Morgan fingerprint density at radius 3 is 1.51 bits per heavy atom. The van der Waals surface area contributed by atoms with Gasteiger partial charge < -0.3 is 26.6 Å². The summed E-state index contributed by atoms with van der Waals surface area (Å²) in [5, 5.41) is 33.7. The second-order valence-corrected chi connectivity index (χ2v) is 19.5. The van der Waals surface area contributed by atoms with Gasteiger partial charge in [-0.3, -0.25) is 24.2 Å². The molecule has 5 N–H and O–H groups in total. The molecule has 18 heteroatoms. The quantitative estimate of drug-likeness (QED) is 0.0773. The van der Waals surface area contributed by atoms with Crippen molar-refractivity contribution in [3.8, 4) is 12.1 Å². The minimum atomic E-state index is -0.708. The van der Waals surface area contributed by atoms with Crippen molar-refractivity contribution in [2.24, 2.45) is 0 Å². The zero-order chi connectivity index (χ0) is 50.3. The maximum atomic E-state index is 13.0. The topological polar surface area (TPSA) is 228 Å². The number of rotatable bonds is 12. The van der Waals surface area contributed by atoms with Crippen LogP contribution in [0.4, 0.5) is 28.6 Å². The van der Waals surface area contributed by atoms with Gasteiger partial charge in [-0.15, -0.1) is 22.7 Å². The van der Waals surface area contributed by atoms with Gasteiger partial charge in [-0.25, -0.2) is 15.0 Å². The van der Waals surface area contributed by atoms with Crippen molar-refractivity contribution in [1.82, 2.24) is 19.9 Å². The molecular formula is C52H46ClN11O4S2. The van der Waals surface area contributed by atoms with Gasteiger partial charge in [0.2, 0.25) is 0 Å². The first-order valence-electron chi connectivity index (χ1n) is 21.8. The molecule has 8 aromatic rings. The lowest BCUT2D eigenvalue weighted by molar-refractivity contribution is 0.101. The Balaban J connectivity index is 0.000000207. The number of benzene rings is 4. The number of hydrogen-bond donors (Lipinski definition) is 5. The fourth-order valence-electron chi connectivity index (χ4n) is 6.77. The second-order valence-electron chi connectivity index (χ2n) is 17.1. The summed E-state index contributed by atoms with van der Waals surface area (Å²) in [4.78, 5) is 71.0. The van der Waals surface area contributed by atoms with Crippen LogP contribution in [0.2, 0.25) is 5.15 Å². The Bertz CT molecular complexity index is 3420. The number of nitriles is 2. The molecule has 0 unspecified atom stereocenters. The molecule has 4 aromatic carbocycles. The first-order chi connectivity index (χ1) is 33.4. The summed E-state index contributed by atoms with van der Waals surface area (Å²) in [7, 11) is 0. The molecule has 70 heavy (non-hydrogen) atoms. The number of hydrogen-bond acceptors (Lipinski definition) is 13. The maximum absolute atomic E-state index is 13.0. The van der Waals surface area contributed by atoms with Gasteiger partial charge in [0.05, 0.1) is 45.1 Å². The van der Waals surface area contributed by atoms with E-state index < -0.39 is 10.8 Å². The standard InChI is InChI=1S/C27H26N6O2S.C25H20ClN5O2S/c1-5-29-23-14-30-21-13-22(36-26(21)33-23)25(35)32-20-12-19(10-9-16(20)2)31-24(34)17-7-6-8-18(11-17)27(3,4)15-28;1-14-7-8-17(29-22(32)15-5-4-6-16(9-15)25(2,3)13-27)10-18(14)30-23(33)20-11-19-24(34-20)31-21(26)12-28-19/h6-14H,5H2,1-4H3,(H,29,33)(H,31,34)(H,32,35);4-12H,1-3H3,(H,29,32)(H,30,33). The molecule has 352 valence electrons. The van der Waals surface area contributed by atoms with Crippen molar-refractivity contribution in [3.63, 3.8) is 0 Å². The predicted octanol–water partition coefficient (Wildman–Crippen LogP) is 11.7. The molecular weight excluding hydrogens is 942 g/mol. The van der Waals surface area contributed by atoms with Crippen molar-refractivity contribution in [2.75, 3.05) is 33.1 Å². The predicted molar refractivity (Wildman–Crippen MR) is 278 cm³/mol. The fraction of sp³-hybridized carbons (Fsp3) is 0.192. The monoisotopic (exact) mass is 987 g/mol. The Morgan fingerprint density at radius 1 is 0.600 bits per heavy atom. The highest BCUT2D eigenvalue weighted by molar-refractivity contribution is 7.20. The van der Waals surface area contributed by atoms with E-state index in [2.05, 4.69) is 58.7 Å². The number of carbonyl (C=O) groups is 4. The van der Waals surface area contributed by atoms with E-state index in [0.717, 1.165) is 28.8 Å². The number of carbonyl (C=O) groups excluding carboxylic acids is 4. The molecule has 0 saturated carbocycles. The van der Waals surface area contributed by atoms with Crippen molar-refractivity contribution in [2.45, 2.75) is 59.3 Å². The number of nitrogens with one attached hydrogen (secondary N) is 5. The molecule has 4 amide bonds. The lowest BCUT2D eigenvalue weighted by Gasteiger charge is -2.17. The smallest absolute Gasteiger partial charge is 0.265 e. The van der Waals surface area contributed by atoms with Crippen molar-refractivity contribution in [1.29, 1.82) is 10.5 Å². The zero-order valence-corrected chi connectivity index (χ0v) is 41.5. The van der Waals surface area contributed by atoms with Crippen LogP contribution in [0.5, 0.6) is 0 Å². The van der Waals surface area contributed by atoms with Crippen molar-refractivity contribution >= 4 is 107 Å². The average Bonchev–Trinajstić information content (AvgIpc) is 3.98. The number of aromatic nitrogens is 4. The summed E-state index contributed by atoms with van der Waals surface area (Å²) in [6.45, 7) is 13.7. The molecule has 0 fully saturated rings. The highest BCUT2D eigenvalue weighted by atomic mass is 35.5. The molecule has 15 nitrogen and oxygen atoms in total. The Hall–Kier alpha value is -8.09. The fourth-order valence-corrected chi connectivity index (χ4v) is 8.72. The molecule has 0 saturated heterocycles. The number of halogens is 1. The lowest BCUT2D eigenvalue weighted by Crippen LogP contribution is -2.17. The molecule has 0 aliphatic heterocycles. The van der Waals surface area contributed by atoms with Crippen LogP contribution in [0.3, 0.4) is 0 Å². The highest BCUT2D eigenvalue weighted by Crippen LogP contribution is 2.30. The summed E-state index contributed by atoms with van der Waals surface area (Å²) in [6, 6.07) is 32.5. The van der Waals surface area contributed by atoms with E-state index >= 15 is 0 Å². The first-order valence-corrected chi connectivity index (χ1v) is 23.8. The Kier molecular flexibility index (Phi) is 15.0. The lowest BCUT2D eigenvalue weighted by atomic mass is 9.85. The number of amides is 4. The van der Waals surface area contributed by atoms with Crippen LogP contribution in [0.25, 0.3) is 20.7 Å². The molecule has 8 rings (SSSR count). The summed E-state index contributed by atoms with van der Waals surface area (Å²) < 4.78 is 0. The van der Waals surface area contributed by atoms with Crippen LogP contribution in [0.15, 0.2) is 109 Å². The van der Waals surface area contributed by atoms with E-state index in [0.29, 0.717) is 70.1 Å². The molecule has 0 spiro atoms. The van der Waals surface area contributed by atoms with Crippen LogP contribution < -0.4 is 26.6 Å². The third-order valence-electron chi connectivity index (χ3n) is 11.0. The molecule has 0 atom stereocenters. The molecule has 0 aliphatic carbocycles. The van der Waals surface area contributed by atoms with Gasteiger partial charge in [0.25, 0.3) is 23.6 Å². The molecule has 0 bridgehead atoms. The average molecular weight is 989 g/mol. The summed E-state index contributed by atoms with van der Waals surface area (Å²) in [5.74, 6) is -0.526. The third kappa shape index (κ3) is 11.8. The van der Waals surface area contributed by atoms with E-state index in [4.69, 9.17) is 11.6 Å². The molecule has 4 heterocycles. The summed E-state index contributed by atoms with van der Waals surface area (Å²) in [5.41, 5.74) is 6.17. The first kappa shape index (κ1) is 49.8. The summed E-state index contributed by atoms with van der Waals surface area (Å²) >= 11 is 8.35. The van der Waals surface area contributed by atoms with E-state index in [1.807, 2.05) is 58.9 Å². The van der Waals surface area contributed by atoms with Crippen LogP contribution in [-0.4, -0.2) is 50.1 Å². The van der Waals surface area contributed by atoms with Crippen molar-refractivity contribution < 1.29 is 19.2 Å². The van der Waals surface area contributed by atoms with Crippen LogP contribution >= 0.6 is 34.3 Å². The normalized spacial score (nSPS) is 11.1. The highest BCUT2D eigenvalue weighted by Gasteiger charge is 2.23. The Morgan fingerprint density at radius 2 is 1.06 bits per heavy atom. The van der Waals surface area contributed by atoms with Crippen LogP contribution in [-0.2, 0) is 10.8 Å². The Labute approximate surface area is 417 Å². The number of anilines is 5. The van der Waals surface area contributed by atoms with Gasteiger partial charge in [0.1, 0.15) is 31.7 Å². The third-order valence-corrected chi connectivity index (χ3v) is 13.2. The second kappa shape index (κ2) is 21.1.